The molecule has 0 radical (unpaired) electrons. The van der Waals surface area contributed by atoms with Gasteiger partial charge in [-0.05, 0) is 49.7 Å². The van der Waals surface area contributed by atoms with Crippen LogP contribution in [0.2, 0.25) is 5.02 Å². The van der Waals surface area contributed by atoms with Gasteiger partial charge in [-0.3, -0.25) is 9.10 Å². The first-order chi connectivity index (χ1) is 15.3. The predicted molar refractivity (Wildman–Crippen MR) is 127 cm³/mol. The molecule has 0 heterocycles. The van der Waals surface area contributed by atoms with Crippen molar-refractivity contribution in [3.63, 3.8) is 0 Å². The second-order valence-corrected chi connectivity index (χ2v) is 9.35. The molecule has 32 heavy (non-hydrogen) atoms. The molecule has 6 nitrogen and oxygen atoms in total. The molecule has 0 unspecified atom stereocenters. The first-order valence-electron chi connectivity index (χ1n) is 10.1. The van der Waals surface area contributed by atoms with E-state index in [0.29, 0.717) is 23.1 Å². The topological polar surface area (TPSA) is 75.7 Å². The summed E-state index contributed by atoms with van der Waals surface area (Å²) in [6.07, 6.45) is 0. The van der Waals surface area contributed by atoms with Crippen LogP contribution in [0.1, 0.15) is 18.1 Å². The summed E-state index contributed by atoms with van der Waals surface area (Å²) in [7, 11) is -3.99. The number of aryl methyl sites for hydroxylation is 1. The maximum Gasteiger partial charge on any atom is 0.264 e. The van der Waals surface area contributed by atoms with Crippen LogP contribution in [0.5, 0.6) is 5.75 Å². The number of hydrogen-bond acceptors (Lipinski definition) is 4. The van der Waals surface area contributed by atoms with Gasteiger partial charge in [-0.15, -0.1) is 0 Å². The first kappa shape index (κ1) is 23.6. The Balaban J connectivity index is 1.86. The number of carbonyl (C=O) groups is 1. The summed E-state index contributed by atoms with van der Waals surface area (Å²) in [6.45, 7) is 4.03. The molecule has 0 spiro atoms. The fraction of sp³-hybridized carbons (Fsp3) is 0.208. The summed E-state index contributed by atoms with van der Waals surface area (Å²) in [4.78, 5) is 12.9. The molecule has 0 saturated carbocycles. The zero-order valence-corrected chi connectivity index (χ0v) is 19.5. The molecular formula is C24H25ClN2O4S. The summed E-state index contributed by atoms with van der Waals surface area (Å²) in [5.74, 6) is 0.224. The normalized spacial score (nSPS) is 11.1. The van der Waals surface area contributed by atoms with Gasteiger partial charge in [0.15, 0.2) is 0 Å². The van der Waals surface area contributed by atoms with E-state index >= 15 is 0 Å². The molecule has 0 aliphatic carbocycles. The Morgan fingerprint density at radius 1 is 1.03 bits per heavy atom. The van der Waals surface area contributed by atoms with Gasteiger partial charge >= 0.3 is 0 Å². The number of halogens is 1. The highest BCUT2D eigenvalue weighted by Crippen LogP contribution is 2.28. The number of anilines is 1. The Morgan fingerprint density at radius 3 is 2.41 bits per heavy atom. The van der Waals surface area contributed by atoms with Gasteiger partial charge in [-0.25, -0.2) is 8.42 Å². The van der Waals surface area contributed by atoms with Gasteiger partial charge < -0.3 is 10.1 Å². The number of sulfonamides is 1. The first-order valence-corrected chi connectivity index (χ1v) is 12.0. The van der Waals surface area contributed by atoms with E-state index in [4.69, 9.17) is 16.3 Å². The molecule has 3 aromatic carbocycles. The van der Waals surface area contributed by atoms with Crippen LogP contribution in [0.4, 0.5) is 5.69 Å². The van der Waals surface area contributed by atoms with Crippen LogP contribution in [-0.2, 0) is 21.4 Å². The number of amides is 1. The van der Waals surface area contributed by atoms with Gasteiger partial charge in [0, 0.05) is 17.1 Å². The second kappa shape index (κ2) is 10.5. The lowest BCUT2D eigenvalue weighted by Gasteiger charge is -2.24. The highest BCUT2D eigenvalue weighted by atomic mass is 35.5. The maximum atomic E-state index is 13.4. The number of carbonyl (C=O) groups excluding carboxylic acids is 1. The summed E-state index contributed by atoms with van der Waals surface area (Å²) in [5.41, 5.74) is 1.93. The Hall–Kier alpha value is -3.03. The number of ether oxygens (including phenoxy) is 1. The van der Waals surface area contributed by atoms with Crippen LogP contribution in [0.25, 0.3) is 0 Å². The molecule has 0 atom stereocenters. The Kier molecular flexibility index (Phi) is 7.77. The molecular weight excluding hydrogens is 448 g/mol. The lowest BCUT2D eigenvalue weighted by Crippen LogP contribution is -2.40. The van der Waals surface area contributed by atoms with Crippen LogP contribution in [0.15, 0.2) is 77.7 Å². The quantitative estimate of drug-likeness (QED) is 0.495. The molecule has 0 aliphatic rings. The molecule has 3 aromatic rings. The molecule has 3 rings (SSSR count). The number of benzene rings is 3. The maximum absolute atomic E-state index is 13.4. The number of hydrogen-bond donors (Lipinski definition) is 1. The van der Waals surface area contributed by atoms with Crippen molar-refractivity contribution in [1.29, 1.82) is 0 Å². The van der Waals surface area contributed by atoms with Crippen molar-refractivity contribution < 1.29 is 17.9 Å². The van der Waals surface area contributed by atoms with Crippen molar-refractivity contribution in [2.75, 3.05) is 17.5 Å². The van der Waals surface area contributed by atoms with Gasteiger partial charge in [-0.1, -0.05) is 54.1 Å². The predicted octanol–water partition coefficient (Wildman–Crippen LogP) is 4.56. The molecule has 1 N–H and O–H groups in total. The minimum Gasteiger partial charge on any atom is -0.494 e. The smallest absolute Gasteiger partial charge is 0.264 e. The van der Waals surface area contributed by atoms with E-state index in [0.717, 1.165) is 15.4 Å². The Morgan fingerprint density at radius 2 is 1.72 bits per heavy atom. The fourth-order valence-corrected chi connectivity index (χ4v) is 4.71. The van der Waals surface area contributed by atoms with E-state index in [-0.39, 0.29) is 11.4 Å². The van der Waals surface area contributed by atoms with Gasteiger partial charge in [-0.2, -0.15) is 0 Å². The second-order valence-electron chi connectivity index (χ2n) is 7.08. The zero-order chi connectivity index (χ0) is 23.1. The van der Waals surface area contributed by atoms with Crippen molar-refractivity contribution in [2.24, 2.45) is 0 Å². The third-order valence-corrected chi connectivity index (χ3v) is 7.01. The Bertz CT molecular complexity index is 1180. The van der Waals surface area contributed by atoms with Crippen molar-refractivity contribution in [3.8, 4) is 5.75 Å². The van der Waals surface area contributed by atoms with Crippen molar-refractivity contribution in [2.45, 2.75) is 25.3 Å². The number of nitrogens with zero attached hydrogens (tertiary/aromatic N) is 1. The minimum absolute atomic E-state index is 0.0891. The molecule has 0 fully saturated rings. The van der Waals surface area contributed by atoms with Crippen molar-refractivity contribution in [1.82, 2.24) is 5.32 Å². The summed E-state index contributed by atoms with van der Waals surface area (Å²) in [5, 5.41) is 3.21. The molecule has 0 saturated heterocycles. The molecule has 0 aromatic heterocycles. The summed E-state index contributed by atoms with van der Waals surface area (Å²) in [6, 6.07) is 20.3. The molecule has 1 amide bonds. The summed E-state index contributed by atoms with van der Waals surface area (Å²) < 4.78 is 33.4. The SMILES string of the molecule is CCOc1ccccc1CNC(=O)CN(c1ccc(C)c(Cl)c1)S(=O)(=O)c1ccccc1. The van der Waals surface area contributed by atoms with Gasteiger partial charge in [0.05, 0.1) is 17.2 Å². The minimum atomic E-state index is -3.99. The molecule has 8 heteroatoms. The lowest BCUT2D eigenvalue weighted by molar-refractivity contribution is -0.119. The summed E-state index contributed by atoms with van der Waals surface area (Å²) >= 11 is 6.24. The van der Waals surface area contributed by atoms with Crippen LogP contribution >= 0.6 is 11.6 Å². The lowest BCUT2D eigenvalue weighted by atomic mass is 10.2. The number of rotatable bonds is 9. The monoisotopic (exact) mass is 472 g/mol. The Labute approximate surface area is 193 Å². The fourth-order valence-electron chi connectivity index (χ4n) is 3.10. The van der Waals surface area contributed by atoms with Crippen LogP contribution < -0.4 is 14.4 Å². The van der Waals surface area contributed by atoms with Gasteiger partial charge in [0.2, 0.25) is 5.91 Å². The highest BCUT2D eigenvalue weighted by molar-refractivity contribution is 7.92. The van der Waals surface area contributed by atoms with Crippen LogP contribution in [0, 0.1) is 6.92 Å². The third kappa shape index (κ3) is 5.60. The van der Waals surface area contributed by atoms with Crippen molar-refractivity contribution >= 4 is 33.2 Å². The largest absolute Gasteiger partial charge is 0.494 e. The number of nitrogens with one attached hydrogen (secondary N) is 1. The van der Waals surface area contributed by atoms with Crippen LogP contribution in [0.3, 0.4) is 0 Å². The average Bonchev–Trinajstić information content (AvgIpc) is 2.79. The van der Waals surface area contributed by atoms with E-state index in [1.54, 1.807) is 36.4 Å². The average molecular weight is 473 g/mol. The van der Waals surface area contributed by atoms with E-state index in [1.165, 1.54) is 12.1 Å². The van der Waals surface area contributed by atoms with Crippen LogP contribution in [-0.4, -0.2) is 27.5 Å². The van der Waals surface area contributed by atoms with Gasteiger partial charge in [0.1, 0.15) is 12.3 Å². The zero-order valence-electron chi connectivity index (χ0n) is 17.9. The standard InChI is InChI=1S/C24H25ClN2O4S/c1-3-31-23-12-8-7-9-19(23)16-26-24(28)17-27(20-14-13-18(2)22(25)15-20)32(29,30)21-10-5-4-6-11-21/h4-15H,3,16-17H2,1-2H3,(H,26,28). The van der Waals surface area contributed by atoms with Crippen molar-refractivity contribution in [3.05, 3.63) is 88.9 Å². The highest BCUT2D eigenvalue weighted by Gasteiger charge is 2.27. The molecule has 0 aliphatic heterocycles. The van der Waals surface area contributed by atoms with E-state index in [2.05, 4.69) is 5.32 Å². The third-order valence-electron chi connectivity index (χ3n) is 4.81. The van der Waals surface area contributed by atoms with E-state index < -0.39 is 22.5 Å². The number of para-hydroxylation sites is 1. The van der Waals surface area contributed by atoms with E-state index in [1.807, 2.05) is 38.1 Å². The van der Waals surface area contributed by atoms with E-state index in [9.17, 15) is 13.2 Å². The van der Waals surface area contributed by atoms with Gasteiger partial charge in [0.25, 0.3) is 10.0 Å². The molecule has 0 bridgehead atoms. The molecule has 168 valence electrons.